The minimum absolute atomic E-state index is 0.169. The van der Waals surface area contributed by atoms with Crippen molar-refractivity contribution in [2.45, 2.75) is 45.6 Å². The molecular formula is C13H22N4O. The summed E-state index contributed by atoms with van der Waals surface area (Å²) in [6.45, 7) is 4.76. The van der Waals surface area contributed by atoms with Crippen LogP contribution in [0.4, 0.5) is 5.69 Å². The smallest absolute Gasteiger partial charge is 0.273 e. The molecular weight excluding hydrogens is 228 g/mol. The van der Waals surface area contributed by atoms with Crippen LogP contribution in [0, 0.1) is 5.92 Å². The van der Waals surface area contributed by atoms with Gasteiger partial charge in [-0.25, -0.2) is 0 Å². The minimum atomic E-state index is -0.169. The summed E-state index contributed by atoms with van der Waals surface area (Å²) >= 11 is 0. The molecule has 0 spiro atoms. The lowest BCUT2D eigenvalue weighted by atomic mass is 10.2. The van der Waals surface area contributed by atoms with Crippen LogP contribution in [0.15, 0.2) is 6.20 Å². The van der Waals surface area contributed by atoms with Crippen LogP contribution in [-0.4, -0.2) is 22.2 Å². The van der Waals surface area contributed by atoms with Crippen molar-refractivity contribution in [2.75, 3.05) is 12.3 Å². The van der Waals surface area contributed by atoms with Gasteiger partial charge in [-0.2, -0.15) is 5.10 Å². The molecule has 1 aromatic rings. The number of nitrogens with one attached hydrogen (secondary N) is 1. The maximum Gasteiger partial charge on any atom is 0.273 e. The van der Waals surface area contributed by atoms with Crippen LogP contribution in [0.1, 0.15) is 56.1 Å². The molecule has 1 aliphatic carbocycles. The first kappa shape index (κ1) is 12.9. The molecule has 1 amide bonds. The number of rotatable bonds is 4. The van der Waals surface area contributed by atoms with Crippen LogP contribution >= 0.6 is 0 Å². The summed E-state index contributed by atoms with van der Waals surface area (Å²) in [6, 6.07) is 0.416. The number of nitrogen functional groups attached to an aromatic ring is 1. The van der Waals surface area contributed by atoms with Gasteiger partial charge in [0.05, 0.1) is 11.7 Å². The summed E-state index contributed by atoms with van der Waals surface area (Å²) in [5.74, 6) is 0.255. The second kappa shape index (κ2) is 5.42. The largest absolute Gasteiger partial charge is 0.396 e. The van der Waals surface area contributed by atoms with Gasteiger partial charge in [-0.15, -0.1) is 0 Å². The Balaban J connectivity index is 2.06. The predicted octanol–water partition coefficient (Wildman–Crippen LogP) is 1.97. The van der Waals surface area contributed by atoms with Gasteiger partial charge in [0.2, 0.25) is 0 Å². The van der Waals surface area contributed by atoms with Gasteiger partial charge in [0.15, 0.2) is 5.69 Å². The van der Waals surface area contributed by atoms with E-state index in [9.17, 15) is 4.79 Å². The molecule has 0 unspecified atom stereocenters. The van der Waals surface area contributed by atoms with Crippen molar-refractivity contribution in [1.82, 2.24) is 15.1 Å². The molecule has 0 radical (unpaired) electrons. The van der Waals surface area contributed by atoms with Gasteiger partial charge in [0.1, 0.15) is 0 Å². The molecule has 5 heteroatoms. The molecule has 0 aliphatic heterocycles. The molecule has 2 rings (SSSR count). The molecule has 0 saturated heterocycles. The SMILES string of the molecule is CC(C)CNC(=O)c1nn(C2CCCC2)cc1N. The fraction of sp³-hybridized carbons (Fsp3) is 0.692. The first-order valence-electron chi connectivity index (χ1n) is 6.70. The van der Waals surface area contributed by atoms with Crippen LogP contribution in [0.25, 0.3) is 0 Å². The van der Waals surface area contributed by atoms with E-state index in [4.69, 9.17) is 5.73 Å². The van der Waals surface area contributed by atoms with Gasteiger partial charge in [-0.05, 0) is 18.8 Å². The monoisotopic (exact) mass is 250 g/mol. The molecule has 3 N–H and O–H groups in total. The van der Waals surface area contributed by atoms with Crippen molar-refractivity contribution in [2.24, 2.45) is 5.92 Å². The van der Waals surface area contributed by atoms with Gasteiger partial charge >= 0.3 is 0 Å². The van der Waals surface area contributed by atoms with E-state index in [-0.39, 0.29) is 5.91 Å². The molecule has 5 nitrogen and oxygen atoms in total. The number of anilines is 1. The second-order valence-electron chi connectivity index (χ2n) is 5.46. The van der Waals surface area contributed by atoms with E-state index in [1.165, 1.54) is 12.8 Å². The number of amides is 1. The first-order chi connectivity index (χ1) is 8.58. The van der Waals surface area contributed by atoms with Gasteiger partial charge in [0, 0.05) is 12.7 Å². The maximum absolute atomic E-state index is 11.9. The van der Waals surface area contributed by atoms with Crippen molar-refractivity contribution in [3.8, 4) is 0 Å². The number of carbonyl (C=O) groups is 1. The van der Waals surface area contributed by atoms with Crippen molar-refractivity contribution >= 4 is 11.6 Å². The number of carbonyl (C=O) groups excluding carboxylic acids is 1. The Morgan fingerprint density at radius 3 is 2.83 bits per heavy atom. The van der Waals surface area contributed by atoms with Gasteiger partial charge < -0.3 is 11.1 Å². The third kappa shape index (κ3) is 2.83. The standard InChI is InChI=1S/C13H22N4O/c1-9(2)7-15-13(18)12-11(14)8-17(16-12)10-5-3-4-6-10/h8-10H,3-7,14H2,1-2H3,(H,15,18). The number of aromatic nitrogens is 2. The zero-order valence-corrected chi connectivity index (χ0v) is 11.1. The topological polar surface area (TPSA) is 72.9 Å². The van der Waals surface area contributed by atoms with Gasteiger partial charge in [-0.3, -0.25) is 9.48 Å². The Hall–Kier alpha value is -1.52. The lowest BCUT2D eigenvalue weighted by Crippen LogP contribution is -2.28. The highest BCUT2D eigenvalue weighted by Crippen LogP contribution is 2.29. The average Bonchev–Trinajstić information content (AvgIpc) is 2.94. The molecule has 100 valence electrons. The molecule has 1 saturated carbocycles. The Morgan fingerprint density at radius 2 is 2.22 bits per heavy atom. The quantitative estimate of drug-likeness (QED) is 0.858. The second-order valence-corrected chi connectivity index (χ2v) is 5.46. The lowest BCUT2D eigenvalue weighted by Gasteiger charge is -2.09. The van der Waals surface area contributed by atoms with Crippen LogP contribution in [0.2, 0.25) is 0 Å². The number of hydrogen-bond acceptors (Lipinski definition) is 3. The van der Waals surface area contributed by atoms with E-state index in [2.05, 4.69) is 24.3 Å². The summed E-state index contributed by atoms with van der Waals surface area (Å²) in [6.07, 6.45) is 6.53. The number of nitrogens with zero attached hydrogens (tertiary/aromatic N) is 2. The van der Waals surface area contributed by atoms with Gasteiger partial charge in [0.25, 0.3) is 5.91 Å². The van der Waals surface area contributed by atoms with Crippen molar-refractivity contribution in [3.63, 3.8) is 0 Å². The minimum Gasteiger partial charge on any atom is -0.396 e. The predicted molar refractivity (Wildman–Crippen MR) is 71.3 cm³/mol. The van der Waals surface area contributed by atoms with Gasteiger partial charge in [-0.1, -0.05) is 26.7 Å². The highest BCUT2D eigenvalue weighted by Gasteiger charge is 2.21. The molecule has 0 bridgehead atoms. The molecule has 1 aliphatic rings. The Kier molecular flexibility index (Phi) is 3.89. The summed E-state index contributed by atoms with van der Waals surface area (Å²) in [7, 11) is 0. The maximum atomic E-state index is 11.9. The third-order valence-corrected chi connectivity index (χ3v) is 3.35. The molecule has 1 fully saturated rings. The molecule has 18 heavy (non-hydrogen) atoms. The van der Waals surface area contributed by atoms with E-state index in [0.717, 1.165) is 12.8 Å². The number of nitrogens with two attached hydrogens (primary N) is 1. The van der Waals surface area contributed by atoms with E-state index in [1.54, 1.807) is 6.20 Å². The van der Waals surface area contributed by atoms with Crippen molar-refractivity contribution < 1.29 is 4.79 Å². The third-order valence-electron chi connectivity index (χ3n) is 3.35. The van der Waals surface area contributed by atoms with Crippen LogP contribution in [0.5, 0.6) is 0 Å². The van der Waals surface area contributed by atoms with E-state index in [0.29, 0.717) is 29.9 Å². The highest BCUT2D eigenvalue weighted by molar-refractivity contribution is 5.96. The first-order valence-corrected chi connectivity index (χ1v) is 6.70. The van der Waals surface area contributed by atoms with Crippen molar-refractivity contribution in [3.05, 3.63) is 11.9 Å². The Bertz CT molecular complexity index is 419. The van der Waals surface area contributed by atoms with E-state index < -0.39 is 0 Å². The number of hydrogen-bond donors (Lipinski definition) is 2. The summed E-state index contributed by atoms with van der Waals surface area (Å²) in [4.78, 5) is 11.9. The zero-order valence-electron chi connectivity index (χ0n) is 11.1. The fourth-order valence-corrected chi connectivity index (χ4v) is 2.32. The molecule has 1 aromatic heterocycles. The fourth-order valence-electron chi connectivity index (χ4n) is 2.32. The van der Waals surface area contributed by atoms with Crippen LogP contribution in [-0.2, 0) is 0 Å². The normalized spacial score (nSPS) is 16.4. The van der Waals surface area contributed by atoms with Crippen molar-refractivity contribution in [1.29, 1.82) is 0 Å². The van der Waals surface area contributed by atoms with E-state index in [1.807, 2.05) is 4.68 Å². The molecule has 1 heterocycles. The average molecular weight is 250 g/mol. The Morgan fingerprint density at radius 1 is 1.56 bits per heavy atom. The summed E-state index contributed by atoms with van der Waals surface area (Å²) in [5.41, 5.74) is 6.71. The van der Waals surface area contributed by atoms with Crippen LogP contribution in [0.3, 0.4) is 0 Å². The lowest BCUT2D eigenvalue weighted by molar-refractivity contribution is 0.0943. The van der Waals surface area contributed by atoms with E-state index >= 15 is 0 Å². The van der Waals surface area contributed by atoms with Crippen LogP contribution < -0.4 is 11.1 Å². The summed E-state index contributed by atoms with van der Waals surface area (Å²) in [5, 5.41) is 7.20. The molecule has 0 atom stereocenters. The summed E-state index contributed by atoms with van der Waals surface area (Å²) < 4.78 is 1.87. The zero-order chi connectivity index (χ0) is 13.1. The highest BCUT2D eigenvalue weighted by atomic mass is 16.2. The molecule has 0 aromatic carbocycles. The Labute approximate surface area is 108 Å².